The van der Waals surface area contributed by atoms with Crippen molar-refractivity contribution in [1.82, 2.24) is 10.2 Å². The van der Waals surface area contributed by atoms with Crippen LogP contribution in [0.1, 0.15) is 18.4 Å². The third-order valence-electron chi connectivity index (χ3n) is 3.91. The highest BCUT2D eigenvalue weighted by molar-refractivity contribution is 5.80. The molecule has 1 heterocycles. The van der Waals surface area contributed by atoms with Crippen LogP contribution in [0.3, 0.4) is 0 Å². The van der Waals surface area contributed by atoms with Gasteiger partial charge < -0.3 is 10.6 Å². The Morgan fingerprint density at radius 1 is 1.38 bits per heavy atom. The molecule has 1 fully saturated rings. The number of para-hydroxylation sites is 1. The topological polar surface area (TPSA) is 44.4 Å². The van der Waals surface area contributed by atoms with Crippen molar-refractivity contribution >= 4 is 11.6 Å². The minimum absolute atomic E-state index is 0.0353. The first-order chi connectivity index (χ1) is 10.2. The highest BCUT2D eigenvalue weighted by atomic mass is 16.1. The molecule has 1 aromatic carbocycles. The van der Waals surface area contributed by atoms with Gasteiger partial charge in [0.25, 0.3) is 0 Å². The molecule has 1 aliphatic heterocycles. The van der Waals surface area contributed by atoms with Crippen molar-refractivity contribution in [2.45, 2.75) is 25.3 Å². The van der Waals surface area contributed by atoms with Crippen molar-refractivity contribution < 1.29 is 4.79 Å². The van der Waals surface area contributed by atoms with E-state index in [0.29, 0.717) is 12.5 Å². The molecule has 1 aromatic rings. The monoisotopic (exact) mass is 285 g/mol. The fourth-order valence-corrected chi connectivity index (χ4v) is 2.66. The lowest BCUT2D eigenvalue weighted by Crippen LogP contribution is -2.39. The molecule has 0 unspecified atom stereocenters. The van der Waals surface area contributed by atoms with Crippen LogP contribution in [0.4, 0.5) is 5.69 Å². The van der Waals surface area contributed by atoms with Gasteiger partial charge in [-0.15, -0.1) is 6.42 Å². The van der Waals surface area contributed by atoms with Crippen LogP contribution in [-0.2, 0) is 11.2 Å². The van der Waals surface area contributed by atoms with E-state index in [2.05, 4.69) is 21.5 Å². The smallest absolute Gasteiger partial charge is 0.224 e. The fourth-order valence-electron chi connectivity index (χ4n) is 2.66. The third-order valence-corrected chi connectivity index (χ3v) is 3.91. The number of benzene rings is 1. The van der Waals surface area contributed by atoms with E-state index in [1.807, 2.05) is 24.3 Å². The summed E-state index contributed by atoms with van der Waals surface area (Å²) in [5.74, 6) is 2.74. The molecule has 4 heteroatoms. The Morgan fingerprint density at radius 3 is 2.76 bits per heavy atom. The maximum absolute atomic E-state index is 11.6. The van der Waals surface area contributed by atoms with Crippen LogP contribution in [0.2, 0.25) is 0 Å². The van der Waals surface area contributed by atoms with Gasteiger partial charge in [-0.05, 0) is 24.5 Å². The van der Waals surface area contributed by atoms with E-state index >= 15 is 0 Å². The number of amides is 1. The summed E-state index contributed by atoms with van der Waals surface area (Å²) < 4.78 is 0. The van der Waals surface area contributed by atoms with E-state index < -0.39 is 0 Å². The Kier molecular flexibility index (Phi) is 5.65. The summed E-state index contributed by atoms with van der Waals surface area (Å²) in [6, 6.07) is 8.48. The summed E-state index contributed by atoms with van der Waals surface area (Å²) >= 11 is 0. The summed E-state index contributed by atoms with van der Waals surface area (Å²) in [5, 5.41) is 6.26. The number of likely N-dealkylation sites (N-methyl/N-ethyl adjacent to an activating group) is 1. The molecule has 1 amide bonds. The molecule has 0 atom stereocenters. The van der Waals surface area contributed by atoms with Crippen LogP contribution in [0, 0.1) is 12.3 Å². The van der Waals surface area contributed by atoms with Gasteiger partial charge in [-0.25, -0.2) is 0 Å². The second kappa shape index (κ2) is 7.70. The minimum atomic E-state index is 0.0353. The van der Waals surface area contributed by atoms with Crippen LogP contribution in [0.15, 0.2) is 24.3 Å². The minimum Gasteiger partial charge on any atom is -0.382 e. The van der Waals surface area contributed by atoms with Gasteiger partial charge in [-0.3, -0.25) is 9.69 Å². The highest BCUT2D eigenvalue weighted by Gasteiger charge is 2.19. The lowest BCUT2D eigenvalue weighted by molar-refractivity contribution is -0.119. The van der Waals surface area contributed by atoms with Crippen LogP contribution < -0.4 is 10.6 Å². The first kappa shape index (κ1) is 15.4. The van der Waals surface area contributed by atoms with Crippen molar-refractivity contribution in [2.75, 3.05) is 32.0 Å². The number of hydrogen-bond acceptors (Lipinski definition) is 3. The zero-order valence-electron chi connectivity index (χ0n) is 12.6. The van der Waals surface area contributed by atoms with E-state index in [4.69, 9.17) is 6.42 Å². The van der Waals surface area contributed by atoms with Crippen LogP contribution >= 0.6 is 0 Å². The van der Waals surface area contributed by atoms with Crippen molar-refractivity contribution in [2.24, 2.45) is 0 Å². The Balaban J connectivity index is 1.94. The Labute approximate surface area is 126 Å². The number of terminal acetylenes is 1. The summed E-state index contributed by atoms with van der Waals surface area (Å²) in [6.07, 6.45) is 7.92. The standard InChI is InChI=1S/C17H23N3O/c1-3-10-20-11-8-15(9-12-20)19-16-7-5-4-6-14(16)13-17(21)18-2/h1,4-7,15,19H,8-13H2,2H3,(H,18,21). The molecule has 1 aliphatic rings. The molecule has 112 valence electrons. The molecule has 0 bridgehead atoms. The van der Waals surface area contributed by atoms with E-state index in [-0.39, 0.29) is 5.91 Å². The second-order valence-electron chi connectivity index (χ2n) is 5.41. The van der Waals surface area contributed by atoms with Gasteiger partial charge in [0.2, 0.25) is 5.91 Å². The highest BCUT2D eigenvalue weighted by Crippen LogP contribution is 2.20. The Morgan fingerprint density at radius 2 is 2.10 bits per heavy atom. The van der Waals surface area contributed by atoms with E-state index in [1.54, 1.807) is 7.05 Å². The molecule has 0 radical (unpaired) electrons. The molecule has 21 heavy (non-hydrogen) atoms. The SMILES string of the molecule is C#CCN1CCC(Nc2ccccc2CC(=O)NC)CC1. The molecular weight excluding hydrogens is 262 g/mol. The first-order valence-electron chi connectivity index (χ1n) is 7.43. The number of piperidine rings is 1. The van der Waals surface area contributed by atoms with E-state index in [1.165, 1.54) is 0 Å². The van der Waals surface area contributed by atoms with Crippen LogP contribution in [0.5, 0.6) is 0 Å². The van der Waals surface area contributed by atoms with Crippen molar-refractivity contribution in [3.05, 3.63) is 29.8 Å². The van der Waals surface area contributed by atoms with Gasteiger partial charge in [0.1, 0.15) is 0 Å². The van der Waals surface area contributed by atoms with Gasteiger partial charge in [-0.1, -0.05) is 24.1 Å². The summed E-state index contributed by atoms with van der Waals surface area (Å²) in [7, 11) is 1.67. The quantitative estimate of drug-likeness (QED) is 0.806. The van der Waals surface area contributed by atoms with E-state index in [0.717, 1.165) is 43.7 Å². The maximum Gasteiger partial charge on any atom is 0.224 e. The van der Waals surface area contributed by atoms with Crippen LogP contribution in [0.25, 0.3) is 0 Å². The molecule has 0 aliphatic carbocycles. The molecular formula is C17H23N3O. The van der Waals surface area contributed by atoms with Gasteiger partial charge in [-0.2, -0.15) is 0 Å². The Hall–Kier alpha value is -1.99. The number of nitrogens with one attached hydrogen (secondary N) is 2. The first-order valence-corrected chi connectivity index (χ1v) is 7.43. The molecule has 4 nitrogen and oxygen atoms in total. The number of anilines is 1. The predicted octanol–water partition coefficient (Wildman–Crippen LogP) is 1.48. The number of nitrogens with zero attached hydrogens (tertiary/aromatic N) is 1. The lowest BCUT2D eigenvalue weighted by Gasteiger charge is -2.32. The fraction of sp³-hybridized carbons (Fsp3) is 0.471. The Bertz CT molecular complexity index is 513. The van der Waals surface area contributed by atoms with Gasteiger partial charge in [0.05, 0.1) is 13.0 Å². The summed E-state index contributed by atoms with van der Waals surface area (Å²) in [6.45, 7) is 2.79. The number of likely N-dealkylation sites (tertiary alicyclic amines) is 1. The second-order valence-corrected chi connectivity index (χ2v) is 5.41. The van der Waals surface area contributed by atoms with Crippen molar-refractivity contribution in [3.8, 4) is 12.3 Å². The van der Waals surface area contributed by atoms with Gasteiger partial charge in [0.15, 0.2) is 0 Å². The molecule has 0 spiro atoms. The number of carbonyl (C=O) groups is 1. The normalized spacial score (nSPS) is 16.2. The molecule has 2 rings (SSSR count). The average molecular weight is 285 g/mol. The number of carbonyl (C=O) groups excluding carboxylic acids is 1. The average Bonchev–Trinajstić information content (AvgIpc) is 2.51. The lowest BCUT2D eigenvalue weighted by atomic mass is 10.0. The maximum atomic E-state index is 11.6. The van der Waals surface area contributed by atoms with Crippen molar-refractivity contribution in [1.29, 1.82) is 0 Å². The van der Waals surface area contributed by atoms with Crippen molar-refractivity contribution in [3.63, 3.8) is 0 Å². The van der Waals surface area contributed by atoms with Gasteiger partial charge >= 0.3 is 0 Å². The predicted molar refractivity (Wildman–Crippen MR) is 86.1 cm³/mol. The summed E-state index contributed by atoms with van der Waals surface area (Å²) in [4.78, 5) is 13.9. The molecule has 1 saturated heterocycles. The van der Waals surface area contributed by atoms with E-state index in [9.17, 15) is 4.79 Å². The molecule has 0 aromatic heterocycles. The zero-order valence-corrected chi connectivity index (χ0v) is 12.6. The number of hydrogen-bond donors (Lipinski definition) is 2. The number of rotatable bonds is 5. The molecule has 0 saturated carbocycles. The summed E-state index contributed by atoms with van der Waals surface area (Å²) in [5.41, 5.74) is 2.11. The van der Waals surface area contributed by atoms with Gasteiger partial charge in [0, 0.05) is 31.9 Å². The largest absolute Gasteiger partial charge is 0.382 e. The third kappa shape index (κ3) is 4.51. The molecule has 2 N–H and O–H groups in total. The van der Waals surface area contributed by atoms with Crippen LogP contribution in [-0.4, -0.2) is 43.5 Å². The zero-order chi connectivity index (χ0) is 15.1.